The van der Waals surface area contributed by atoms with Crippen LogP contribution >= 0.6 is 0 Å². The van der Waals surface area contributed by atoms with Crippen LogP contribution < -0.4 is 15.6 Å². The summed E-state index contributed by atoms with van der Waals surface area (Å²) < 4.78 is 16.5. The monoisotopic (exact) mass is 373 g/mol. The third-order valence-electron chi connectivity index (χ3n) is 5.01. The maximum Gasteiger partial charge on any atom is 0.341 e. The molecule has 1 atom stereocenters. The van der Waals surface area contributed by atoms with Crippen molar-refractivity contribution in [3.8, 4) is 0 Å². The first-order chi connectivity index (χ1) is 12.7. The molecule has 8 nitrogen and oxygen atoms in total. The Morgan fingerprint density at radius 1 is 1.30 bits per heavy atom. The summed E-state index contributed by atoms with van der Waals surface area (Å²) in [4.78, 5) is 49.6. The lowest BCUT2D eigenvalue weighted by atomic mass is 10.0. The Balaban J connectivity index is 2.17. The zero-order valence-electron chi connectivity index (χ0n) is 14.6. The number of rotatable bonds is 2. The maximum absolute atomic E-state index is 14.9. The Hall–Kier alpha value is -3.23. The van der Waals surface area contributed by atoms with Crippen LogP contribution in [-0.2, 0) is 9.59 Å². The number of benzene rings is 1. The quantitative estimate of drug-likeness (QED) is 0.835. The van der Waals surface area contributed by atoms with E-state index in [0.717, 1.165) is 23.8 Å². The Morgan fingerprint density at radius 2 is 1.96 bits per heavy atom. The molecule has 1 aliphatic heterocycles. The molecule has 9 heteroatoms. The van der Waals surface area contributed by atoms with Gasteiger partial charge in [0.1, 0.15) is 23.1 Å². The first-order valence-corrected chi connectivity index (χ1v) is 8.47. The minimum Gasteiger partial charge on any atom is -0.477 e. The van der Waals surface area contributed by atoms with Gasteiger partial charge in [0.15, 0.2) is 0 Å². The fourth-order valence-corrected chi connectivity index (χ4v) is 3.59. The van der Waals surface area contributed by atoms with Crippen molar-refractivity contribution in [2.45, 2.75) is 38.8 Å². The van der Waals surface area contributed by atoms with Crippen LogP contribution in [0.4, 0.5) is 15.8 Å². The Kier molecular flexibility index (Phi) is 3.59. The van der Waals surface area contributed by atoms with Crippen LogP contribution in [0, 0.1) is 5.82 Å². The van der Waals surface area contributed by atoms with Crippen molar-refractivity contribution >= 4 is 40.1 Å². The second-order valence-corrected chi connectivity index (χ2v) is 6.85. The highest BCUT2D eigenvalue weighted by Gasteiger charge is 2.38. The molecule has 1 aliphatic carbocycles. The standard InChI is InChI=1S/C18H16FN3O5/c1-7-17(25)20-13-14-10(5-12(19)15(13)22(7)8(2)23)16(24)11(18(26)27)6-21(14)9-3-4-9/h5-7,9H,3-4H2,1-2H3,(H,20,25)(H,26,27)/t7-/m0/s1. The van der Waals surface area contributed by atoms with E-state index in [1.54, 1.807) is 4.57 Å². The largest absolute Gasteiger partial charge is 0.477 e. The third-order valence-corrected chi connectivity index (χ3v) is 5.01. The van der Waals surface area contributed by atoms with Crippen LogP contribution in [0.15, 0.2) is 17.1 Å². The minimum absolute atomic E-state index is 0.0178. The molecular formula is C18H16FN3O5. The molecule has 2 heterocycles. The number of anilines is 2. The van der Waals surface area contributed by atoms with Gasteiger partial charge in [0.25, 0.3) is 0 Å². The zero-order chi connectivity index (χ0) is 19.6. The minimum atomic E-state index is -1.41. The molecule has 1 fully saturated rings. The average Bonchev–Trinajstić information content (AvgIpc) is 3.41. The molecule has 0 bridgehead atoms. The molecule has 27 heavy (non-hydrogen) atoms. The molecule has 140 valence electrons. The number of carboxylic acids is 1. The summed E-state index contributed by atoms with van der Waals surface area (Å²) in [5, 5.41) is 11.8. The number of fused-ring (bicyclic) bond motifs is 3. The van der Waals surface area contributed by atoms with Crippen molar-refractivity contribution < 1.29 is 23.9 Å². The van der Waals surface area contributed by atoms with E-state index in [0.29, 0.717) is 0 Å². The number of carbonyl (C=O) groups is 3. The van der Waals surface area contributed by atoms with Crippen molar-refractivity contribution in [1.29, 1.82) is 0 Å². The topological polar surface area (TPSA) is 109 Å². The molecule has 1 saturated carbocycles. The highest BCUT2D eigenvalue weighted by molar-refractivity contribution is 6.17. The van der Waals surface area contributed by atoms with Gasteiger partial charge in [0, 0.05) is 19.2 Å². The number of pyridine rings is 1. The molecule has 2 N–H and O–H groups in total. The van der Waals surface area contributed by atoms with Crippen LogP contribution in [-0.4, -0.2) is 33.5 Å². The van der Waals surface area contributed by atoms with Gasteiger partial charge in [0.05, 0.1) is 16.6 Å². The summed E-state index contributed by atoms with van der Waals surface area (Å²) in [5.41, 5.74) is -1.16. The lowest BCUT2D eigenvalue weighted by Crippen LogP contribution is -2.49. The summed E-state index contributed by atoms with van der Waals surface area (Å²) in [6, 6.07) is -0.0220. The van der Waals surface area contributed by atoms with Crippen molar-refractivity contribution in [2.24, 2.45) is 0 Å². The van der Waals surface area contributed by atoms with E-state index in [-0.39, 0.29) is 28.3 Å². The van der Waals surface area contributed by atoms with E-state index >= 15 is 0 Å². The molecule has 0 unspecified atom stereocenters. The normalized spacial score (nSPS) is 19.0. The summed E-state index contributed by atoms with van der Waals surface area (Å²) in [6.45, 7) is 2.70. The number of hydrogen-bond acceptors (Lipinski definition) is 4. The van der Waals surface area contributed by atoms with Crippen LogP contribution in [0.1, 0.15) is 43.1 Å². The fourth-order valence-electron chi connectivity index (χ4n) is 3.59. The molecule has 2 aliphatic rings. The van der Waals surface area contributed by atoms with Gasteiger partial charge in [0.2, 0.25) is 17.2 Å². The maximum atomic E-state index is 14.9. The lowest BCUT2D eigenvalue weighted by Gasteiger charge is -2.35. The van der Waals surface area contributed by atoms with Gasteiger partial charge in [-0.05, 0) is 25.8 Å². The van der Waals surface area contributed by atoms with Gasteiger partial charge in [-0.3, -0.25) is 19.3 Å². The van der Waals surface area contributed by atoms with Gasteiger partial charge in [-0.15, -0.1) is 0 Å². The van der Waals surface area contributed by atoms with Crippen LogP contribution in [0.3, 0.4) is 0 Å². The van der Waals surface area contributed by atoms with Gasteiger partial charge >= 0.3 is 5.97 Å². The van der Waals surface area contributed by atoms with Crippen molar-refractivity contribution in [1.82, 2.24) is 4.57 Å². The molecule has 0 saturated heterocycles. The summed E-state index contributed by atoms with van der Waals surface area (Å²) in [7, 11) is 0. The van der Waals surface area contributed by atoms with E-state index in [1.165, 1.54) is 20.0 Å². The zero-order valence-corrected chi connectivity index (χ0v) is 14.6. The van der Waals surface area contributed by atoms with E-state index in [1.807, 2.05) is 0 Å². The van der Waals surface area contributed by atoms with Gasteiger partial charge in [-0.2, -0.15) is 0 Å². The summed E-state index contributed by atoms with van der Waals surface area (Å²) >= 11 is 0. The molecular weight excluding hydrogens is 357 g/mol. The molecule has 2 aromatic rings. The molecule has 1 aromatic carbocycles. The van der Waals surface area contributed by atoms with E-state index in [2.05, 4.69) is 5.32 Å². The number of amides is 2. The van der Waals surface area contributed by atoms with Gasteiger partial charge in [-0.25, -0.2) is 9.18 Å². The van der Waals surface area contributed by atoms with Gasteiger partial charge in [-0.1, -0.05) is 0 Å². The fraction of sp³-hybridized carbons (Fsp3) is 0.333. The van der Waals surface area contributed by atoms with Crippen molar-refractivity contribution in [2.75, 3.05) is 10.2 Å². The number of carbonyl (C=O) groups excluding carboxylic acids is 2. The first kappa shape index (κ1) is 17.2. The Bertz CT molecular complexity index is 1100. The summed E-state index contributed by atoms with van der Waals surface area (Å²) in [6.07, 6.45) is 2.76. The number of nitrogens with zero attached hydrogens (tertiary/aromatic N) is 2. The second kappa shape index (κ2) is 5.63. The Labute approximate surface area is 152 Å². The predicted molar refractivity (Wildman–Crippen MR) is 94.6 cm³/mol. The molecule has 0 radical (unpaired) electrons. The van der Waals surface area contributed by atoms with E-state index in [9.17, 15) is 28.7 Å². The Morgan fingerprint density at radius 3 is 2.52 bits per heavy atom. The first-order valence-electron chi connectivity index (χ1n) is 8.47. The van der Waals surface area contributed by atoms with Crippen molar-refractivity contribution in [3.63, 3.8) is 0 Å². The van der Waals surface area contributed by atoms with E-state index in [4.69, 9.17) is 0 Å². The molecule has 2 amide bonds. The molecule has 4 rings (SSSR count). The van der Waals surface area contributed by atoms with Crippen molar-refractivity contribution in [3.05, 3.63) is 33.9 Å². The number of aromatic carboxylic acids is 1. The number of halogens is 1. The highest BCUT2D eigenvalue weighted by atomic mass is 19.1. The third kappa shape index (κ3) is 2.42. The van der Waals surface area contributed by atoms with Crippen LogP contribution in [0.2, 0.25) is 0 Å². The smallest absolute Gasteiger partial charge is 0.341 e. The van der Waals surface area contributed by atoms with E-state index < -0.39 is 40.6 Å². The molecule has 0 spiro atoms. The van der Waals surface area contributed by atoms with Crippen LogP contribution in [0.5, 0.6) is 0 Å². The molecule has 1 aromatic heterocycles. The summed E-state index contributed by atoms with van der Waals surface area (Å²) in [5.74, 6) is -3.31. The number of aromatic nitrogens is 1. The number of carboxylic acid groups (broad SMARTS) is 1. The van der Waals surface area contributed by atoms with Crippen LogP contribution in [0.25, 0.3) is 10.9 Å². The SMILES string of the molecule is CC(=O)N1c2c(F)cc3c(=O)c(C(=O)O)cn(C4CC4)c3c2NC(=O)[C@@H]1C. The lowest BCUT2D eigenvalue weighted by molar-refractivity contribution is -0.122. The average molecular weight is 373 g/mol. The second-order valence-electron chi connectivity index (χ2n) is 6.85. The number of nitrogens with one attached hydrogen (secondary N) is 1. The van der Waals surface area contributed by atoms with Gasteiger partial charge < -0.3 is 15.0 Å². The predicted octanol–water partition coefficient (Wildman–Crippen LogP) is 1.87. The highest BCUT2D eigenvalue weighted by Crippen LogP contribution is 2.44. The number of hydrogen-bond donors (Lipinski definition) is 2.